The van der Waals surface area contributed by atoms with E-state index in [-0.39, 0.29) is 40.8 Å². The van der Waals surface area contributed by atoms with E-state index in [1.807, 2.05) is 22.6 Å². The minimum absolute atomic E-state index is 0.0493. The lowest BCUT2D eigenvalue weighted by atomic mass is 10.1. The Balaban J connectivity index is 1.82. The van der Waals surface area contributed by atoms with E-state index in [0.29, 0.717) is 3.57 Å². The van der Waals surface area contributed by atoms with Crippen LogP contribution >= 0.6 is 38.5 Å². The average Bonchev–Trinajstić information content (AvgIpc) is 3.42. The van der Waals surface area contributed by atoms with Gasteiger partial charge < -0.3 is 10.4 Å². The van der Waals surface area contributed by atoms with Gasteiger partial charge in [0.25, 0.3) is 5.91 Å². The van der Waals surface area contributed by atoms with Crippen molar-refractivity contribution in [1.82, 2.24) is 5.48 Å². The van der Waals surface area contributed by atoms with Crippen molar-refractivity contribution in [2.75, 3.05) is 18.5 Å². The van der Waals surface area contributed by atoms with Gasteiger partial charge in [-0.15, -0.1) is 0 Å². The predicted molar refractivity (Wildman–Crippen MR) is 109 cm³/mol. The number of carbonyl (C=O) groups excluding carboxylic acids is 1. The molecule has 28 heavy (non-hydrogen) atoms. The fourth-order valence-electron chi connectivity index (χ4n) is 2.63. The van der Waals surface area contributed by atoms with Gasteiger partial charge in [-0.05, 0) is 81.0 Å². The van der Waals surface area contributed by atoms with Crippen LogP contribution in [-0.4, -0.2) is 24.2 Å². The number of hydrogen-bond acceptors (Lipinski definition) is 4. The van der Waals surface area contributed by atoms with Crippen molar-refractivity contribution in [2.24, 2.45) is 11.8 Å². The van der Waals surface area contributed by atoms with Crippen molar-refractivity contribution in [2.45, 2.75) is 6.42 Å². The zero-order valence-corrected chi connectivity index (χ0v) is 18.0. The van der Waals surface area contributed by atoms with E-state index in [0.717, 1.165) is 12.5 Å². The molecular weight excluding hydrogens is 556 g/mol. The third-order valence-corrected chi connectivity index (χ3v) is 5.61. The van der Waals surface area contributed by atoms with Gasteiger partial charge in [-0.2, -0.15) is 0 Å². The zero-order valence-electron chi connectivity index (χ0n) is 14.2. The summed E-state index contributed by atoms with van der Waals surface area (Å²) in [5.41, 5.74) is 1.28. The van der Waals surface area contributed by atoms with Gasteiger partial charge in [0.1, 0.15) is 5.82 Å². The number of halogens is 5. The summed E-state index contributed by atoms with van der Waals surface area (Å²) < 4.78 is 43.0. The number of aliphatic hydroxyl groups excluding tert-OH is 1. The highest BCUT2D eigenvalue weighted by Gasteiger charge is 2.36. The molecule has 1 aliphatic rings. The summed E-state index contributed by atoms with van der Waals surface area (Å²) in [7, 11) is 0. The number of nitrogens with one attached hydrogen (secondary N) is 2. The Morgan fingerprint density at radius 3 is 2.64 bits per heavy atom. The van der Waals surface area contributed by atoms with E-state index in [9.17, 15) is 18.0 Å². The summed E-state index contributed by atoms with van der Waals surface area (Å²) in [6.45, 7) is 0.240. The number of aliphatic hydroxyl groups is 1. The van der Waals surface area contributed by atoms with Gasteiger partial charge in [-0.25, -0.2) is 18.7 Å². The Morgan fingerprint density at radius 2 is 2.00 bits per heavy atom. The van der Waals surface area contributed by atoms with Gasteiger partial charge >= 0.3 is 0 Å². The molecule has 3 N–H and O–H groups in total. The van der Waals surface area contributed by atoms with Gasteiger partial charge in [-0.1, -0.05) is 0 Å². The Labute approximate surface area is 180 Å². The maximum Gasteiger partial charge on any atom is 0.277 e. The monoisotopic (exact) mass is 570 g/mol. The summed E-state index contributed by atoms with van der Waals surface area (Å²) in [5, 5.41) is 11.5. The highest BCUT2D eigenvalue weighted by molar-refractivity contribution is 14.1. The number of hydroxylamine groups is 1. The second kappa shape index (κ2) is 8.97. The first-order valence-electron chi connectivity index (χ1n) is 8.24. The third-order valence-electron chi connectivity index (χ3n) is 4.36. The molecule has 2 aromatic rings. The van der Waals surface area contributed by atoms with Crippen LogP contribution in [0.1, 0.15) is 16.8 Å². The predicted octanol–water partition coefficient (Wildman–Crippen LogP) is 4.50. The summed E-state index contributed by atoms with van der Waals surface area (Å²) in [5.74, 6) is -3.76. The van der Waals surface area contributed by atoms with Crippen LogP contribution in [0.3, 0.4) is 0 Å². The SMILES string of the molecule is O=C(NOCC1CC1CO)c1cc(Br)c(F)c(F)c1Nc1ccc(I)cc1F. The fourth-order valence-corrected chi connectivity index (χ4v) is 3.49. The third kappa shape index (κ3) is 4.78. The maximum absolute atomic E-state index is 14.5. The fraction of sp³-hybridized carbons (Fsp3) is 0.278. The number of carbonyl (C=O) groups is 1. The summed E-state index contributed by atoms with van der Waals surface area (Å²) in [6, 6.07) is 5.23. The van der Waals surface area contributed by atoms with Gasteiger partial charge in [0, 0.05) is 10.2 Å². The standard InChI is InChI=1S/C18H15BrF3IN2O3/c19-12-5-11(18(27)25-28-7-9-3-8(9)6-26)17(16(22)15(12)21)24-14-2-1-10(23)4-13(14)20/h1-2,4-5,8-9,24,26H,3,6-7H2,(H,25,27). The van der Waals surface area contributed by atoms with E-state index < -0.39 is 29.0 Å². The lowest BCUT2D eigenvalue weighted by molar-refractivity contribution is 0.0248. The molecule has 1 amide bonds. The minimum atomic E-state index is -1.33. The second-order valence-corrected chi connectivity index (χ2v) is 8.44. The normalized spacial score (nSPS) is 18.1. The molecule has 0 spiro atoms. The molecule has 2 atom stereocenters. The molecule has 150 valence electrons. The lowest BCUT2D eigenvalue weighted by Gasteiger charge is -2.15. The molecule has 0 aromatic heterocycles. The molecular formula is C18H15BrF3IN2O3. The smallest absolute Gasteiger partial charge is 0.277 e. The van der Waals surface area contributed by atoms with E-state index in [1.165, 1.54) is 12.1 Å². The van der Waals surface area contributed by atoms with E-state index >= 15 is 0 Å². The number of rotatable bonds is 7. The number of hydrogen-bond donors (Lipinski definition) is 3. The number of anilines is 2. The van der Waals surface area contributed by atoms with E-state index in [4.69, 9.17) is 9.94 Å². The Bertz CT molecular complexity index is 916. The zero-order chi connectivity index (χ0) is 20.4. The summed E-state index contributed by atoms with van der Waals surface area (Å²) in [6.07, 6.45) is 0.794. The molecule has 0 radical (unpaired) electrons. The van der Waals surface area contributed by atoms with Crippen LogP contribution in [0.15, 0.2) is 28.7 Å². The van der Waals surface area contributed by atoms with Crippen LogP contribution in [0, 0.1) is 32.9 Å². The Morgan fingerprint density at radius 1 is 1.25 bits per heavy atom. The van der Waals surface area contributed by atoms with E-state index in [2.05, 4.69) is 26.7 Å². The first-order valence-corrected chi connectivity index (χ1v) is 10.1. The average molecular weight is 571 g/mol. The molecule has 1 aliphatic carbocycles. The maximum atomic E-state index is 14.5. The Kier molecular flexibility index (Phi) is 6.84. The largest absolute Gasteiger partial charge is 0.396 e. The molecule has 5 nitrogen and oxygen atoms in total. The van der Waals surface area contributed by atoms with Crippen molar-refractivity contribution < 1.29 is 27.9 Å². The Hall–Kier alpha value is -1.37. The molecule has 1 saturated carbocycles. The van der Waals surface area contributed by atoms with Crippen molar-refractivity contribution in [3.8, 4) is 0 Å². The molecule has 0 bridgehead atoms. The first kappa shape index (κ1) is 21.3. The molecule has 2 aromatic carbocycles. The van der Waals surface area contributed by atoms with Crippen LogP contribution in [0.2, 0.25) is 0 Å². The van der Waals surface area contributed by atoms with Crippen LogP contribution in [0.5, 0.6) is 0 Å². The van der Waals surface area contributed by atoms with Crippen LogP contribution in [-0.2, 0) is 4.84 Å². The number of amides is 1. The van der Waals surface area contributed by atoms with Crippen molar-refractivity contribution in [1.29, 1.82) is 0 Å². The van der Waals surface area contributed by atoms with Gasteiger partial charge in [0.15, 0.2) is 11.6 Å². The van der Waals surface area contributed by atoms with Crippen molar-refractivity contribution >= 4 is 55.8 Å². The molecule has 0 heterocycles. The highest BCUT2D eigenvalue weighted by atomic mass is 127. The van der Waals surface area contributed by atoms with Crippen molar-refractivity contribution in [3.63, 3.8) is 0 Å². The number of benzene rings is 2. The van der Waals surface area contributed by atoms with Crippen molar-refractivity contribution in [3.05, 3.63) is 55.3 Å². The molecule has 0 saturated heterocycles. The summed E-state index contributed by atoms with van der Waals surface area (Å²) >= 11 is 4.77. The van der Waals surface area contributed by atoms with Gasteiger partial charge in [-0.3, -0.25) is 9.63 Å². The molecule has 2 unspecified atom stereocenters. The highest BCUT2D eigenvalue weighted by Crippen LogP contribution is 2.37. The minimum Gasteiger partial charge on any atom is -0.396 e. The van der Waals surface area contributed by atoms with Crippen LogP contribution < -0.4 is 10.8 Å². The van der Waals surface area contributed by atoms with Gasteiger partial charge in [0.05, 0.1) is 28.0 Å². The second-order valence-electron chi connectivity index (χ2n) is 6.34. The van der Waals surface area contributed by atoms with E-state index in [1.54, 1.807) is 6.07 Å². The molecule has 1 fully saturated rings. The first-order chi connectivity index (χ1) is 13.3. The van der Waals surface area contributed by atoms with Crippen LogP contribution in [0.4, 0.5) is 24.5 Å². The van der Waals surface area contributed by atoms with Gasteiger partial charge in [0.2, 0.25) is 0 Å². The molecule has 0 aliphatic heterocycles. The molecule has 10 heteroatoms. The summed E-state index contributed by atoms with van der Waals surface area (Å²) in [4.78, 5) is 17.5. The molecule has 3 rings (SSSR count). The lowest BCUT2D eigenvalue weighted by Crippen LogP contribution is -2.26. The topological polar surface area (TPSA) is 70.6 Å². The van der Waals surface area contributed by atoms with Crippen LogP contribution in [0.25, 0.3) is 0 Å². The quantitative estimate of drug-likeness (QED) is 0.260.